The van der Waals surface area contributed by atoms with Crippen LogP contribution in [0.1, 0.15) is 50.4 Å². The van der Waals surface area contributed by atoms with E-state index in [1.165, 1.54) is 29.6 Å². The second-order valence-electron chi connectivity index (χ2n) is 7.03. The van der Waals surface area contributed by atoms with Gasteiger partial charge < -0.3 is 10.1 Å². The third-order valence-electron chi connectivity index (χ3n) is 3.86. The third-order valence-corrected chi connectivity index (χ3v) is 5.75. The van der Waals surface area contributed by atoms with Gasteiger partial charge in [0, 0.05) is 18.6 Å². The Labute approximate surface area is 144 Å². The second-order valence-corrected chi connectivity index (χ2v) is 8.97. The molecule has 0 unspecified atom stereocenters. The molecule has 0 spiro atoms. The summed E-state index contributed by atoms with van der Waals surface area (Å²) in [5, 5.41) is 2.84. The standard InChI is InChI=1S/C17H26N2O4S/c1-17(2,3)18-16(20)14-12-13(8-9-15(14)23-4)24(21,22)19-10-6-5-7-11-19/h8-9,12H,5-7,10-11H2,1-4H3,(H,18,20). The molecule has 1 aliphatic rings. The molecular formula is C17H26N2O4S. The molecule has 0 bridgehead atoms. The molecule has 1 heterocycles. The summed E-state index contributed by atoms with van der Waals surface area (Å²) in [6.07, 6.45) is 2.79. The molecular weight excluding hydrogens is 328 g/mol. The fraction of sp³-hybridized carbons (Fsp3) is 0.588. The Morgan fingerprint density at radius 1 is 1.17 bits per heavy atom. The van der Waals surface area contributed by atoms with Crippen molar-refractivity contribution in [1.29, 1.82) is 0 Å². The fourth-order valence-corrected chi connectivity index (χ4v) is 4.23. The maximum Gasteiger partial charge on any atom is 0.255 e. The summed E-state index contributed by atoms with van der Waals surface area (Å²) < 4.78 is 32.3. The lowest BCUT2D eigenvalue weighted by Crippen LogP contribution is -2.41. The van der Waals surface area contributed by atoms with Gasteiger partial charge in [-0.2, -0.15) is 4.31 Å². The van der Waals surface area contributed by atoms with Crippen molar-refractivity contribution in [2.75, 3.05) is 20.2 Å². The van der Waals surface area contributed by atoms with Crippen LogP contribution in [0.4, 0.5) is 0 Å². The maximum absolute atomic E-state index is 12.8. The van der Waals surface area contributed by atoms with Crippen molar-refractivity contribution < 1.29 is 17.9 Å². The van der Waals surface area contributed by atoms with Gasteiger partial charge in [-0.1, -0.05) is 6.42 Å². The molecule has 1 amide bonds. The van der Waals surface area contributed by atoms with E-state index in [0.717, 1.165) is 19.3 Å². The summed E-state index contributed by atoms with van der Waals surface area (Å²) in [4.78, 5) is 12.6. The highest BCUT2D eigenvalue weighted by Gasteiger charge is 2.28. The predicted octanol–water partition coefficient (Wildman–Crippen LogP) is 2.40. The first-order valence-corrected chi connectivity index (χ1v) is 9.60. The molecule has 1 fully saturated rings. The van der Waals surface area contributed by atoms with Crippen LogP contribution in [0.15, 0.2) is 23.1 Å². The number of hydrogen-bond donors (Lipinski definition) is 1. The molecule has 134 valence electrons. The number of nitrogens with one attached hydrogen (secondary N) is 1. The van der Waals surface area contributed by atoms with Gasteiger partial charge in [0.15, 0.2) is 0 Å². The predicted molar refractivity (Wildman–Crippen MR) is 92.8 cm³/mol. The summed E-state index contributed by atoms with van der Waals surface area (Å²) in [6.45, 7) is 6.65. The number of carbonyl (C=O) groups excluding carboxylic acids is 1. The first-order valence-electron chi connectivity index (χ1n) is 8.16. The summed E-state index contributed by atoms with van der Waals surface area (Å²) in [5.74, 6) is 0.00406. The Kier molecular flexibility index (Phi) is 5.55. The summed E-state index contributed by atoms with van der Waals surface area (Å²) >= 11 is 0. The zero-order chi connectivity index (χ0) is 18.0. The number of benzene rings is 1. The van der Waals surface area contributed by atoms with E-state index < -0.39 is 15.6 Å². The zero-order valence-electron chi connectivity index (χ0n) is 14.8. The smallest absolute Gasteiger partial charge is 0.255 e. The first-order chi connectivity index (χ1) is 11.1. The molecule has 0 saturated carbocycles. The monoisotopic (exact) mass is 354 g/mol. The highest BCUT2D eigenvalue weighted by Crippen LogP contribution is 2.26. The lowest BCUT2D eigenvalue weighted by Gasteiger charge is -2.26. The Morgan fingerprint density at radius 2 is 1.79 bits per heavy atom. The van der Waals surface area contributed by atoms with Crippen molar-refractivity contribution in [1.82, 2.24) is 9.62 Å². The molecule has 0 atom stereocenters. The van der Waals surface area contributed by atoms with Crippen LogP contribution in [0.2, 0.25) is 0 Å². The molecule has 1 aromatic carbocycles. The van der Waals surface area contributed by atoms with E-state index >= 15 is 0 Å². The number of hydrogen-bond acceptors (Lipinski definition) is 4. The van der Waals surface area contributed by atoms with E-state index in [1.54, 1.807) is 0 Å². The molecule has 24 heavy (non-hydrogen) atoms. The number of sulfonamides is 1. The zero-order valence-corrected chi connectivity index (χ0v) is 15.6. The molecule has 0 radical (unpaired) electrons. The summed E-state index contributed by atoms with van der Waals surface area (Å²) in [7, 11) is -2.13. The van der Waals surface area contributed by atoms with Gasteiger partial charge in [0.25, 0.3) is 5.91 Å². The van der Waals surface area contributed by atoms with Crippen LogP contribution in [0, 0.1) is 0 Å². The molecule has 0 aromatic heterocycles. The number of ether oxygens (including phenoxy) is 1. The summed E-state index contributed by atoms with van der Waals surface area (Å²) in [6, 6.07) is 4.44. The maximum atomic E-state index is 12.8. The van der Waals surface area contributed by atoms with Gasteiger partial charge in [-0.3, -0.25) is 4.79 Å². The number of rotatable bonds is 4. The Hall–Kier alpha value is -1.60. The quantitative estimate of drug-likeness (QED) is 0.901. The average molecular weight is 354 g/mol. The molecule has 1 N–H and O–H groups in total. The molecule has 1 saturated heterocycles. The van der Waals surface area contributed by atoms with E-state index in [0.29, 0.717) is 18.8 Å². The van der Waals surface area contributed by atoms with Crippen LogP contribution in [0.25, 0.3) is 0 Å². The van der Waals surface area contributed by atoms with Gasteiger partial charge in [0.05, 0.1) is 17.6 Å². The van der Waals surface area contributed by atoms with Crippen molar-refractivity contribution in [3.05, 3.63) is 23.8 Å². The van der Waals surface area contributed by atoms with Gasteiger partial charge in [0.2, 0.25) is 10.0 Å². The Balaban J connectivity index is 2.39. The van der Waals surface area contributed by atoms with Crippen molar-refractivity contribution in [3.8, 4) is 5.75 Å². The second kappa shape index (κ2) is 7.11. The van der Waals surface area contributed by atoms with E-state index in [4.69, 9.17) is 4.74 Å². The SMILES string of the molecule is COc1ccc(S(=O)(=O)N2CCCCC2)cc1C(=O)NC(C)(C)C. The van der Waals surface area contributed by atoms with E-state index in [-0.39, 0.29) is 16.4 Å². The average Bonchev–Trinajstić information content (AvgIpc) is 2.53. The fourth-order valence-electron chi connectivity index (χ4n) is 2.69. The van der Waals surface area contributed by atoms with Crippen LogP contribution in [0.3, 0.4) is 0 Å². The van der Waals surface area contributed by atoms with E-state index in [1.807, 2.05) is 20.8 Å². The van der Waals surface area contributed by atoms with Crippen LogP contribution in [0.5, 0.6) is 5.75 Å². The Bertz CT molecular complexity index is 702. The van der Waals surface area contributed by atoms with Crippen LogP contribution in [-0.2, 0) is 10.0 Å². The highest BCUT2D eigenvalue weighted by atomic mass is 32.2. The number of methoxy groups -OCH3 is 1. The number of amides is 1. The van der Waals surface area contributed by atoms with Gasteiger partial charge in [-0.15, -0.1) is 0 Å². The van der Waals surface area contributed by atoms with Crippen LogP contribution >= 0.6 is 0 Å². The lowest BCUT2D eigenvalue weighted by molar-refractivity contribution is 0.0916. The van der Waals surface area contributed by atoms with E-state index in [9.17, 15) is 13.2 Å². The molecule has 1 aromatic rings. The summed E-state index contributed by atoms with van der Waals surface area (Å²) in [5.41, 5.74) is -0.199. The Morgan fingerprint density at radius 3 is 2.33 bits per heavy atom. The minimum Gasteiger partial charge on any atom is -0.496 e. The minimum atomic E-state index is -3.59. The molecule has 7 heteroatoms. The molecule has 0 aliphatic carbocycles. The topological polar surface area (TPSA) is 75.7 Å². The van der Waals surface area contributed by atoms with Gasteiger partial charge in [0.1, 0.15) is 5.75 Å². The van der Waals surface area contributed by atoms with Gasteiger partial charge >= 0.3 is 0 Å². The number of carbonyl (C=O) groups is 1. The van der Waals surface area contributed by atoms with Crippen molar-refractivity contribution >= 4 is 15.9 Å². The van der Waals surface area contributed by atoms with Crippen LogP contribution in [-0.4, -0.2) is 44.4 Å². The molecule has 6 nitrogen and oxygen atoms in total. The largest absolute Gasteiger partial charge is 0.496 e. The van der Waals surface area contributed by atoms with Crippen LogP contribution < -0.4 is 10.1 Å². The molecule has 1 aliphatic heterocycles. The highest BCUT2D eigenvalue weighted by molar-refractivity contribution is 7.89. The van der Waals surface area contributed by atoms with E-state index in [2.05, 4.69) is 5.32 Å². The van der Waals surface area contributed by atoms with Crippen molar-refractivity contribution in [2.24, 2.45) is 0 Å². The van der Waals surface area contributed by atoms with Gasteiger partial charge in [-0.05, 0) is 51.8 Å². The van der Waals surface area contributed by atoms with Crippen molar-refractivity contribution in [2.45, 2.75) is 50.5 Å². The third kappa shape index (κ3) is 4.27. The molecule has 2 rings (SSSR count). The number of piperidine rings is 1. The minimum absolute atomic E-state index is 0.129. The number of nitrogens with zero attached hydrogens (tertiary/aromatic N) is 1. The lowest BCUT2D eigenvalue weighted by atomic mass is 10.1. The normalized spacial score (nSPS) is 16.7. The first kappa shape index (κ1) is 18.7. The van der Waals surface area contributed by atoms with Gasteiger partial charge in [-0.25, -0.2) is 8.42 Å². The van der Waals surface area contributed by atoms with Crippen molar-refractivity contribution in [3.63, 3.8) is 0 Å².